The fourth-order valence-corrected chi connectivity index (χ4v) is 2.84. The van der Waals surface area contributed by atoms with Gasteiger partial charge in [-0.05, 0) is 18.2 Å². The molecule has 6 nitrogen and oxygen atoms in total. The summed E-state index contributed by atoms with van der Waals surface area (Å²) in [5.74, 6) is 0.0751. The molecule has 1 aliphatic rings. The maximum absolute atomic E-state index is 10.8. The number of piperazine rings is 1. The van der Waals surface area contributed by atoms with Gasteiger partial charge < -0.3 is 10.0 Å². The fraction of sp³-hybridized carbons (Fsp3) is 0.333. The van der Waals surface area contributed by atoms with Crippen LogP contribution >= 0.6 is 11.6 Å². The Kier molecular flexibility index (Phi) is 4.31. The molecule has 0 amide bonds. The van der Waals surface area contributed by atoms with Crippen molar-refractivity contribution < 1.29 is 9.90 Å². The highest BCUT2D eigenvalue weighted by Crippen LogP contribution is 2.21. The summed E-state index contributed by atoms with van der Waals surface area (Å²) in [5.41, 5.74) is 0.966. The third kappa shape index (κ3) is 3.23. The molecule has 1 saturated heterocycles. The van der Waals surface area contributed by atoms with Gasteiger partial charge in [0.15, 0.2) is 0 Å². The Morgan fingerprint density at radius 3 is 2.73 bits per heavy atom. The monoisotopic (exact) mass is 320 g/mol. The van der Waals surface area contributed by atoms with Crippen molar-refractivity contribution in [3.63, 3.8) is 0 Å². The summed E-state index contributed by atoms with van der Waals surface area (Å²) in [7, 11) is 0. The molecule has 1 aromatic carbocycles. The number of hydrogen-bond acceptors (Lipinski definition) is 4. The number of aromatic nitrogens is 2. The van der Waals surface area contributed by atoms with E-state index in [9.17, 15) is 4.79 Å². The lowest BCUT2D eigenvalue weighted by molar-refractivity contribution is -0.138. The summed E-state index contributed by atoms with van der Waals surface area (Å²) < 4.78 is 2.00. The van der Waals surface area contributed by atoms with Crippen LogP contribution in [0.15, 0.2) is 36.7 Å². The van der Waals surface area contributed by atoms with Crippen LogP contribution in [-0.4, -0.2) is 58.3 Å². The van der Waals surface area contributed by atoms with E-state index in [0.717, 1.165) is 24.7 Å². The van der Waals surface area contributed by atoms with Crippen molar-refractivity contribution in [2.45, 2.75) is 0 Å². The Labute approximate surface area is 133 Å². The zero-order valence-electron chi connectivity index (χ0n) is 12.0. The average molecular weight is 321 g/mol. The molecule has 3 rings (SSSR count). The standard InChI is InChI=1S/C15H17ClN4O2/c16-12-2-1-3-13(10-12)20-5-4-17-15(20)19-8-6-18(7-9-19)11-14(21)22/h1-5,10H,6-9,11H2,(H,21,22). The number of imidazole rings is 1. The third-order valence-electron chi connectivity index (χ3n) is 3.72. The largest absolute Gasteiger partial charge is 0.480 e. The summed E-state index contributed by atoms with van der Waals surface area (Å²) in [6.07, 6.45) is 3.67. The summed E-state index contributed by atoms with van der Waals surface area (Å²) in [6, 6.07) is 7.63. The van der Waals surface area contributed by atoms with Crippen LogP contribution in [0, 0.1) is 0 Å². The van der Waals surface area contributed by atoms with Crippen molar-refractivity contribution >= 4 is 23.5 Å². The van der Waals surface area contributed by atoms with Crippen LogP contribution in [0.5, 0.6) is 0 Å². The van der Waals surface area contributed by atoms with Gasteiger partial charge in [-0.15, -0.1) is 0 Å². The van der Waals surface area contributed by atoms with Crippen LogP contribution < -0.4 is 4.90 Å². The highest BCUT2D eigenvalue weighted by molar-refractivity contribution is 6.30. The Balaban J connectivity index is 1.75. The Hall–Kier alpha value is -2.05. The van der Waals surface area contributed by atoms with E-state index in [1.54, 1.807) is 6.20 Å². The van der Waals surface area contributed by atoms with Crippen molar-refractivity contribution in [1.82, 2.24) is 14.5 Å². The van der Waals surface area contributed by atoms with E-state index in [1.165, 1.54) is 0 Å². The van der Waals surface area contributed by atoms with E-state index in [0.29, 0.717) is 18.1 Å². The van der Waals surface area contributed by atoms with E-state index in [2.05, 4.69) is 9.88 Å². The van der Waals surface area contributed by atoms with Crippen molar-refractivity contribution in [1.29, 1.82) is 0 Å². The molecule has 0 saturated carbocycles. The first-order valence-electron chi connectivity index (χ1n) is 7.12. The quantitative estimate of drug-likeness (QED) is 0.929. The van der Waals surface area contributed by atoms with Gasteiger partial charge in [0, 0.05) is 49.3 Å². The number of halogens is 1. The van der Waals surface area contributed by atoms with Gasteiger partial charge in [-0.1, -0.05) is 17.7 Å². The number of carbonyl (C=O) groups is 1. The Morgan fingerprint density at radius 2 is 2.05 bits per heavy atom. The minimum Gasteiger partial charge on any atom is -0.480 e. The summed E-state index contributed by atoms with van der Waals surface area (Å²) in [5, 5.41) is 9.53. The van der Waals surface area contributed by atoms with Crippen LogP contribution in [-0.2, 0) is 4.79 Å². The lowest BCUT2D eigenvalue weighted by Gasteiger charge is -2.34. The molecule has 0 radical (unpaired) electrons. The predicted molar refractivity (Wildman–Crippen MR) is 84.9 cm³/mol. The number of anilines is 1. The number of aliphatic carboxylic acids is 1. The zero-order valence-corrected chi connectivity index (χ0v) is 12.8. The van der Waals surface area contributed by atoms with E-state index in [-0.39, 0.29) is 6.54 Å². The first-order valence-corrected chi connectivity index (χ1v) is 7.49. The lowest BCUT2D eigenvalue weighted by atomic mass is 10.3. The Morgan fingerprint density at radius 1 is 1.27 bits per heavy atom. The molecule has 1 aromatic heterocycles. The second kappa shape index (κ2) is 6.37. The summed E-state index contributed by atoms with van der Waals surface area (Å²) in [4.78, 5) is 19.3. The maximum atomic E-state index is 10.8. The molecule has 116 valence electrons. The molecule has 1 N–H and O–H groups in total. The lowest BCUT2D eigenvalue weighted by Crippen LogP contribution is -2.48. The van der Waals surface area contributed by atoms with E-state index >= 15 is 0 Å². The zero-order chi connectivity index (χ0) is 15.5. The number of hydrogen-bond donors (Lipinski definition) is 1. The molecule has 1 aliphatic heterocycles. The first-order chi connectivity index (χ1) is 10.6. The van der Waals surface area contributed by atoms with Gasteiger partial charge >= 0.3 is 5.97 Å². The van der Waals surface area contributed by atoms with Crippen LogP contribution in [0.25, 0.3) is 5.69 Å². The minimum atomic E-state index is -0.783. The summed E-state index contributed by atoms with van der Waals surface area (Å²) >= 11 is 6.06. The Bertz CT molecular complexity index is 665. The van der Waals surface area contributed by atoms with E-state index in [4.69, 9.17) is 16.7 Å². The van der Waals surface area contributed by atoms with Gasteiger partial charge in [0.1, 0.15) is 0 Å². The molecule has 2 aromatic rings. The van der Waals surface area contributed by atoms with E-state index in [1.807, 2.05) is 39.9 Å². The molecule has 0 atom stereocenters. The molecule has 0 unspecified atom stereocenters. The fourth-order valence-electron chi connectivity index (χ4n) is 2.65. The van der Waals surface area contributed by atoms with Gasteiger partial charge in [0.05, 0.1) is 6.54 Å². The van der Waals surface area contributed by atoms with Crippen LogP contribution in [0.3, 0.4) is 0 Å². The van der Waals surface area contributed by atoms with Gasteiger partial charge in [-0.2, -0.15) is 0 Å². The van der Waals surface area contributed by atoms with Gasteiger partial charge in [0.25, 0.3) is 0 Å². The highest BCUT2D eigenvalue weighted by atomic mass is 35.5. The van der Waals surface area contributed by atoms with Crippen molar-refractivity contribution in [2.75, 3.05) is 37.6 Å². The van der Waals surface area contributed by atoms with Gasteiger partial charge in [0.2, 0.25) is 5.95 Å². The number of benzene rings is 1. The summed E-state index contributed by atoms with van der Waals surface area (Å²) in [6.45, 7) is 3.04. The number of carboxylic acid groups (broad SMARTS) is 1. The average Bonchev–Trinajstić information content (AvgIpc) is 2.97. The smallest absolute Gasteiger partial charge is 0.317 e. The molecule has 7 heteroatoms. The molecular formula is C15H17ClN4O2. The third-order valence-corrected chi connectivity index (χ3v) is 3.96. The van der Waals surface area contributed by atoms with Crippen LogP contribution in [0.2, 0.25) is 5.02 Å². The molecule has 2 heterocycles. The molecule has 0 aliphatic carbocycles. The predicted octanol–water partition coefficient (Wildman–Crippen LogP) is 1.73. The van der Waals surface area contributed by atoms with Crippen LogP contribution in [0.4, 0.5) is 5.95 Å². The highest BCUT2D eigenvalue weighted by Gasteiger charge is 2.21. The normalized spacial score (nSPS) is 16.0. The molecule has 22 heavy (non-hydrogen) atoms. The topological polar surface area (TPSA) is 61.6 Å². The van der Waals surface area contributed by atoms with E-state index < -0.39 is 5.97 Å². The molecule has 0 bridgehead atoms. The second-order valence-corrected chi connectivity index (χ2v) is 5.67. The minimum absolute atomic E-state index is 0.0938. The number of nitrogens with zero attached hydrogens (tertiary/aromatic N) is 4. The van der Waals surface area contributed by atoms with Crippen molar-refractivity contribution in [3.05, 3.63) is 41.7 Å². The first kappa shape index (κ1) is 14.9. The molecule has 1 fully saturated rings. The number of carboxylic acids is 1. The number of rotatable bonds is 4. The SMILES string of the molecule is O=C(O)CN1CCN(c2nccn2-c2cccc(Cl)c2)CC1. The molecule has 0 spiro atoms. The molecular weight excluding hydrogens is 304 g/mol. The van der Waals surface area contributed by atoms with Crippen LogP contribution in [0.1, 0.15) is 0 Å². The maximum Gasteiger partial charge on any atom is 0.317 e. The van der Waals surface area contributed by atoms with Crippen molar-refractivity contribution in [3.8, 4) is 5.69 Å². The van der Waals surface area contributed by atoms with Crippen molar-refractivity contribution in [2.24, 2.45) is 0 Å². The second-order valence-electron chi connectivity index (χ2n) is 5.23. The van der Waals surface area contributed by atoms with Gasteiger partial charge in [-0.3, -0.25) is 14.3 Å². The van der Waals surface area contributed by atoms with Gasteiger partial charge in [-0.25, -0.2) is 4.98 Å².